The van der Waals surface area contributed by atoms with E-state index in [0.29, 0.717) is 104 Å². The van der Waals surface area contributed by atoms with E-state index in [1.165, 1.54) is 25.7 Å². The second kappa shape index (κ2) is 21.1. The third-order valence-corrected chi connectivity index (χ3v) is 12.4. The predicted molar refractivity (Wildman–Crippen MR) is 263 cm³/mol. The fraction of sp³-hybridized carbons (Fsp3) is 0.380. The Morgan fingerprint density at radius 3 is 2.56 bits per heavy atom. The monoisotopic (exact) mass is 916 g/mol. The number of likely N-dealkylation sites (tertiary alicyclic amines) is 1. The number of anilines is 7. The highest BCUT2D eigenvalue weighted by molar-refractivity contribution is 5.76. The number of nitrogens with one attached hydrogen (secondary N) is 6. The van der Waals surface area contributed by atoms with Gasteiger partial charge in [-0.2, -0.15) is 15.1 Å². The van der Waals surface area contributed by atoms with Gasteiger partial charge >= 0.3 is 0 Å². The van der Waals surface area contributed by atoms with Crippen LogP contribution in [0.25, 0.3) is 16.6 Å². The number of amides is 1. The number of rotatable bonds is 22. The Morgan fingerprint density at radius 1 is 0.897 bits per heavy atom. The van der Waals surface area contributed by atoms with Crippen molar-refractivity contribution in [3.05, 3.63) is 131 Å². The van der Waals surface area contributed by atoms with E-state index in [2.05, 4.69) is 63.3 Å². The minimum atomic E-state index is -0.533. The lowest BCUT2D eigenvalue weighted by Gasteiger charge is -2.39. The number of aromatic amines is 1. The lowest BCUT2D eigenvalue weighted by atomic mass is 10.1. The maximum absolute atomic E-state index is 12.5. The molecule has 10 rings (SSSR count). The Hall–Kier alpha value is -7.31. The first-order valence-electron chi connectivity index (χ1n) is 23.8. The molecule has 1 atom stereocenters. The van der Waals surface area contributed by atoms with Crippen LogP contribution in [0.2, 0.25) is 0 Å². The molecule has 0 spiro atoms. The molecule has 18 heteroatoms. The summed E-state index contributed by atoms with van der Waals surface area (Å²) in [6, 6.07) is 25.6. The highest BCUT2D eigenvalue weighted by Gasteiger charge is 2.27. The van der Waals surface area contributed by atoms with Gasteiger partial charge in [0.25, 0.3) is 0 Å². The first kappa shape index (κ1) is 44.5. The number of ether oxygens (including phenoxy) is 1. The van der Waals surface area contributed by atoms with E-state index in [1.54, 1.807) is 12.3 Å². The molecule has 2 saturated heterocycles. The van der Waals surface area contributed by atoms with E-state index in [1.807, 2.05) is 78.9 Å². The lowest BCUT2D eigenvalue weighted by molar-refractivity contribution is -0.121. The number of benzene rings is 2. The van der Waals surface area contributed by atoms with Crippen LogP contribution < -0.4 is 31.5 Å². The number of hydrogen-bond donors (Lipinski definition) is 6. The van der Waals surface area contributed by atoms with Gasteiger partial charge in [0, 0.05) is 79.9 Å². The molecule has 2 aliphatic carbocycles. The molecule has 4 aromatic heterocycles. The molecular formula is C50H58N15O3-. The molecule has 2 aliphatic heterocycles. The second-order valence-electron chi connectivity index (χ2n) is 17.8. The van der Waals surface area contributed by atoms with E-state index in [0.717, 1.165) is 66.3 Å². The summed E-state index contributed by atoms with van der Waals surface area (Å²) in [5, 5.41) is 33.6. The molecule has 2 saturated carbocycles. The zero-order valence-electron chi connectivity index (χ0n) is 38.2. The van der Waals surface area contributed by atoms with E-state index in [9.17, 15) is 4.79 Å². The van der Waals surface area contributed by atoms with E-state index >= 15 is 0 Å². The Kier molecular flexibility index (Phi) is 13.8. The number of aromatic nitrogens is 7. The SMILES string of the molecule is C=C(/C=C(\[N-]C1CN(c2cc(Nc3cc(C4CC4)[nH]n3)nc(NCc3cc(-c4ccccc4)no3)n2)CCO1)Nc1ccnc(Nc2ccc(CCC(=O)NCCN3CCCC3)cc2)n1)C1CC1. The highest BCUT2D eigenvalue weighted by Crippen LogP contribution is 2.40. The Bertz CT molecular complexity index is 2670. The van der Waals surface area contributed by atoms with Crippen molar-refractivity contribution in [2.75, 3.05) is 72.0 Å². The molecule has 4 aliphatic rings. The van der Waals surface area contributed by atoms with Crippen molar-refractivity contribution < 1.29 is 14.1 Å². The second-order valence-corrected chi connectivity index (χ2v) is 17.8. The van der Waals surface area contributed by atoms with Crippen molar-refractivity contribution in [3.63, 3.8) is 0 Å². The summed E-state index contributed by atoms with van der Waals surface area (Å²) in [5.74, 6) is 5.66. The highest BCUT2D eigenvalue weighted by atomic mass is 16.5. The fourth-order valence-electron chi connectivity index (χ4n) is 8.32. The molecular weight excluding hydrogens is 859 g/mol. The first-order chi connectivity index (χ1) is 33.4. The van der Waals surface area contributed by atoms with Gasteiger partial charge in [0.2, 0.25) is 17.8 Å². The lowest BCUT2D eigenvalue weighted by Crippen LogP contribution is -2.43. The molecule has 1 unspecified atom stereocenters. The maximum Gasteiger partial charge on any atom is 0.227 e. The molecule has 0 radical (unpaired) electrons. The Labute approximate surface area is 395 Å². The van der Waals surface area contributed by atoms with Crippen LogP contribution >= 0.6 is 0 Å². The number of H-pyrrole nitrogens is 1. The summed E-state index contributed by atoms with van der Waals surface area (Å²) in [6.07, 6.45) is 11.3. The number of hydrogen-bond acceptors (Lipinski definition) is 15. The quantitative estimate of drug-likeness (QED) is 0.0354. The average Bonchev–Trinajstić information content (AvgIpc) is 4.24. The maximum atomic E-state index is 12.5. The Morgan fingerprint density at radius 2 is 1.74 bits per heavy atom. The van der Waals surface area contributed by atoms with Gasteiger partial charge < -0.3 is 51.0 Å². The summed E-state index contributed by atoms with van der Waals surface area (Å²) in [5.41, 5.74) is 5.78. The molecule has 1 amide bonds. The number of morpholine rings is 1. The van der Waals surface area contributed by atoms with Gasteiger partial charge in [-0.05, 0) is 87.7 Å². The van der Waals surface area contributed by atoms with Gasteiger partial charge in [-0.25, -0.2) is 9.97 Å². The molecule has 4 fully saturated rings. The molecule has 18 nitrogen and oxygen atoms in total. The van der Waals surface area contributed by atoms with Gasteiger partial charge in [0.05, 0.1) is 25.2 Å². The summed E-state index contributed by atoms with van der Waals surface area (Å²) in [6.45, 7) is 10.0. The van der Waals surface area contributed by atoms with Crippen molar-refractivity contribution in [2.45, 2.75) is 70.1 Å². The molecule has 352 valence electrons. The molecule has 68 heavy (non-hydrogen) atoms. The fourth-order valence-corrected chi connectivity index (χ4v) is 8.32. The summed E-state index contributed by atoms with van der Waals surface area (Å²) in [4.78, 5) is 36.0. The van der Waals surface area contributed by atoms with Gasteiger partial charge in [-0.3, -0.25) is 9.89 Å². The van der Waals surface area contributed by atoms with Crippen LogP contribution in [-0.4, -0.2) is 98.2 Å². The van der Waals surface area contributed by atoms with Crippen LogP contribution in [-0.2, 0) is 22.5 Å². The molecule has 6 N–H and O–H groups in total. The van der Waals surface area contributed by atoms with Crippen LogP contribution in [0.4, 0.5) is 40.9 Å². The minimum Gasteiger partial charge on any atom is -0.442 e. The number of aryl methyl sites for hydroxylation is 1. The van der Waals surface area contributed by atoms with Gasteiger partial charge in [0.15, 0.2) is 11.6 Å². The number of carbonyl (C=O) groups is 1. The minimum absolute atomic E-state index is 0.0821. The first-order valence-corrected chi connectivity index (χ1v) is 23.8. The third kappa shape index (κ3) is 12.4. The smallest absolute Gasteiger partial charge is 0.227 e. The van der Waals surface area contributed by atoms with E-state index in [4.69, 9.17) is 29.5 Å². The van der Waals surface area contributed by atoms with E-state index in [-0.39, 0.29) is 5.91 Å². The van der Waals surface area contributed by atoms with Crippen molar-refractivity contribution in [3.8, 4) is 11.3 Å². The standard InChI is InChI=1S/C50H58N15O3/c1-33(35-12-13-35)27-43(55-42-19-20-52-49(58-42)54-38-16-9-34(10-17-38)11-18-47(66)51-21-24-64-22-5-6-23-64)57-48-32-65(25-26-67-48)46-30-44(56-45-29-40(61-62-45)37-14-15-37)59-50(60-46)53-31-39-28-41(63-68-39)36-7-3-2-4-8-36/h2-4,7-10,16-17,19-20,27-30,35,37,48H,1,5-6,11-15,18,21-26,31-32H2,(H,51,66)(H2,52,54,55,58)(H3,53,56,59,60,61,62)/q-1/b43-27-. The van der Waals surface area contributed by atoms with Crippen molar-refractivity contribution in [1.82, 2.24) is 45.5 Å². The van der Waals surface area contributed by atoms with Crippen LogP contribution in [0.3, 0.4) is 0 Å². The average molecular weight is 917 g/mol. The summed E-state index contributed by atoms with van der Waals surface area (Å²) < 4.78 is 11.9. The van der Waals surface area contributed by atoms with Crippen LogP contribution in [0.5, 0.6) is 0 Å². The topological polar surface area (TPSA) is 213 Å². The molecule has 6 heterocycles. The summed E-state index contributed by atoms with van der Waals surface area (Å²) >= 11 is 0. The van der Waals surface area contributed by atoms with Crippen molar-refractivity contribution in [2.24, 2.45) is 5.92 Å². The molecule has 2 aromatic carbocycles. The largest absolute Gasteiger partial charge is 0.442 e. The van der Waals surface area contributed by atoms with Crippen LogP contribution in [0.1, 0.15) is 67.9 Å². The van der Waals surface area contributed by atoms with Crippen LogP contribution in [0, 0.1) is 5.92 Å². The zero-order valence-corrected chi connectivity index (χ0v) is 38.2. The van der Waals surface area contributed by atoms with Gasteiger partial charge in [-0.15, -0.1) is 0 Å². The van der Waals surface area contributed by atoms with E-state index < -0.39 is 6.23 Å². The zero-order chi connectivity index (χ0) is 46.1. The predicted octanol–water partition coefficient (Wildman–Crippen LogP) is 8.22. The van der Waals surface area contributed by atoms with Gasteiger partial charge in [-0.1, -0.05) is 71.7 Å². The normalized spacial score (nSPS) is 17.4. The third-order valence-electron chi connectivity index (χ3n) is 12.4. The summed E-state index contributed by atoms with van der Waals surface area (Å²) in [7, 11) is 0. The van der Waals surface area contributed by atoms with Gasteiger partial charge in [0.1, 0.15) is 17.3 Å². The Balaban J connectivity index is 0.785. The van der Waals surface area contributed by atoms with Crippen molar-refractivity contribution in [1.29, 1.82) is 0 Å². The molecule has 0 bridgehead atoms. The number of nitrogens with zero attached hydrogens (tertiary/aromatic N) is 9. The molecule has 6 aromatic rings. The number of carbonyl (C=O) groups excluding carboxylic acids is 1. The number of allylic oxidation sites excluding steroid dienone is 2. The van der Waals surface area contributed by atoms with Crippen molar-refractivity contribution >= 4 is 46.8 Å². The van der Waals surface area contributed by atoms with Crippen LogP contribution in [0.15, 0.2) is 114 Å².